The summed E-state index contributed by atoms with van der Waals surface area (Å²) in [5, 5.41) is 26.6. The smallest absolute Gasteiger partial charge is 0.339 e. The van der Waals surface area contributed by atoms with E-state index in [1.54, 1.807) is 0 Å². The molecule has 0 radical (unpaired) electrons. The van der Waals surface area contributed by atoms with Crippen LogP contribution in [-0.2, 0) is 0 Å². The predicted molar refractivity (Wildman–Crippen MR) is 52.8 cm³/mol. The van der Waals surface area contributed by atoms with Crippen molar-refractivity contribution in [1.29, 1.82) is 0 Å². The molecule has 4 heteroatoms. The Kier molecular flexibility index (Phi) is 4.49. The summed E-state index contributed by atoms with van der Waals surface area (Å²) < 4.78 is 0. The van der Waals surface area contributed by atoms with Crippen LogP contribution in [-0.4, -0.2) is 21.3 Å². The molecule has 3 N–H and O–H groups in total. The van der Waals surface area contributed by atoms with Crippen molar-refractivity contribution in [3.05, 3.63) is 23.3 Å². The topological polar surface area (TPSA) is 77.8 Å². The minimum absolute atomic E-state index is 0.144. The Morgan fingerprint density at radius 1 is 1.21 bits per heavy atom. The Balaban J connectivity index is 0.000000791. The number of carboxylic acid groups (broad SMARTS) is 1. The van der Waals surface area contributed by atoms with Gasteiger partial charge in [0, 0.05) is 6.07 Å². The van der Waals surface area contributed by atoms with Crippen LogP contribution in [0.3, 0.4) is 0 Å². The molecule has 14 heavy (non-hydrogen) atoms. The van der Waals surface area contributed by atoms with Gasteiger partial charge in [0.05, 0.1) is 0 Å². The SMILES string of the molecule is CC.Cc1cc(O)cc(O)c1C(=O)O. The second kappa shape index (κ2) is 5.11. The summed E-state index contributed by atoms with van der Waals surface area (Å²) in [5.41, 5.74) is 0.160. The molecule has 0 atom stereocenters. The van der Waals surface area contributed by atoms with E-state index in [2.05, 4.69) is 0 Å². The lowest BCUT2D eigenvalue weighted by molar-refractivity contribution is 0.0693. The lowest BCUT2D eigenvalue weighted by Gasteiger charge is -2.03. The van der Waals surface area contributed by atoms with Crippen molar-refractivity contribution in [2.75, 3.05) is 0 Å². The molecule has 78 valence electrons. The molecular weight excluding hydrogens is 184 g/mol. The number of aryl methyl sites for hydroxylation is 1. The van der Waals surface area contributed by atoms with Gasteiger partial charge in [0.15, 0.2) is 0 Å². The fourth-order valence-corrected chi connectivity index (χ4v) is 1.03. The van der Waals surface area contributed by atoms with Gasteiger partial charge in [-0.05, 0) is 18.6 Å². The lowest BCUT2D eigenvalue weighted by Crippen LogP contribution is -1.99. The normalized spacial score (nSPS) is 8.79. The molecule has 0 amide bonds. The van der Waals surface area contributed by atoms with Gasteiger partial charge in [-0.25, -0.2) is 4.79 Å². The summed E-state index contributed by atoms with van der Waals surface area (Å²) in [5.74, 6) is -1.76. The fraction of sp³-hybridized carbons (Fsp3) is 0.300. The molecule has 0 bridgehead atoms. The van der Waals surface area contributed by atoms with Crippen LogP contribution in [0, 0.1) is 6.92 Å². The van der Waals surface area contributed by atoms with E-state index in [0.717, 1.165) is 6.07 Å². The molecule has 4 nitrogen and oxygen atoms in total. The summed E-state index contributed by atoms with van der Waals surface area (Å²) in [6, 6.07) is 2.28. The zero-order chi connectivity index (χ0) is 11.3. The number of hydrogen-bond acceptors (Lipinski definition) is 3. The van der Waals surface area contributed by atoms with E-state index in [1.807, 2.05) is 13.8 Å². The first kappa shape index (κ1) is 12.3. The Hall–Kier alpha value is -1.71. The van der Waals surface area contributed by atoms with Gasteiger partial charge < -0.3 is 15.3 Å². The third-order valence-electron chi connectivity index (χ3n) is 1.51. The molecule has 0 heterocycles. The average molecular weight is 198 g/mol. The van der Waals surface area contributed by atoms with Gasteiger partial charge in [0.1, 0.15) is 17.1 Å². The van der Waals surface area contributed by atoms with Crippen molar-refractivity contribution in [3.8, 4) is 11.5 Å². The number of carbonyl (C=O) groups is 1. The van der Waals surface area contributed by atoms with Crippen LogP contribution in [0.4, 0.5) is 0 Å². The monoisotopic (exact) mass is 198 g/mol. The van der Waals surface area contributed by atoms with Gasteiger partial charge in [0.25, 0.3) is 0 Å². The third kappa shape index (κ3) is 2.65. The summed E-state index contributed by atoms with van der Waals surface area (Å²) in [6.45, 7) is 5.50. The number of hydrogen-bond donors (Lipinski definition) is 3. The number of benzene rings is 1. The molecule has 0 unspecified atom stereocenters. The molecule has 0 aliphatic carbocycles. The number of rotatable bonds is 1. The summed E-state index contributed by atoms with van der Waals surface area (Å²) in [6.07, 6.45) is 0. The van der Waals surface area contributed by atoms with Crippen LogP contribution in [0.25, 0.3) is 0 Å². The predicted octanol–water partition coefficient (Wildman–Crippen LogP) is 2.13. The maximum atomic E-state index is 10.5. The first-order valence-corrected chi connectivity index (χ1v) is 4.28. The van der Waals surface area contributed by atoms with Gasteiger partial charge in [-0.1, -0.05) is 13.8 Å². The third-order valence-corrected chi connectivity index (χ3v) is 1.51. The quantitative estimate of drug-likeness (QED) is 0.646. The largest absolute Gasteiger partial charge is 0.508 e. The highest BCUT2D eigenvalue weighted by atomic mass is 16.4. The zero-order valence-corrected chi connectivity index (χ0v) is 8.40. The van der Waals surface area contributed by atoms with Gasteiger partial charge in [-0.3, -0.25) is 0 Å². The minimum atomic E-state index is -1.20. The molecule has 0 aliphatic rings. The van der Waals surface area contributed by atoms with E-state index in [4.69, 9.17) is 15.3 Å². The van der Waals surface area contributed by atoms with Gasteiger partial charge in [-0.2, -0.15) is 0 Å². The number of carboxylic acids is 1. The van der Waals surface area contributed by atoms with Gasteiger partial charge in [-0.15, -0.1) is 0 Å². The Morgan fingerprint density at radius 3 is 2.07 bits per heavy atom. The molecule has 0 aromatic heterocycles. The molecule has 0 spiro atoms. The number of phenolic OH excluding ortho intramolecular Hbond substituents is 1. The molecule has 0 saturated heterocycles. The van der Waals surface area contributed by atoms with Crippen molar-refractivity contribution in [1.82, 2.24) is 0 Å². The van der Waals surface area contributed by atoms with Crippen LogP contribution in [0.2, 0.25) is 0 Å². The van der Waals surface area contributed by atoms with Crippen molar-refractivity contribution >= 4 is 5.97 Å². The summed E-state index contributed by atoms with van der Waals surface area (Å²) >= 11 is 0. The number of aromatic hydroxyl groups is 2. The minimum Gasteiger partial charge on any atom is -0.508 e. The maximum Gasteiger partial charge on any atom is 0.339 e. The van der Waals surface area contributed by atoms with Crippen LogP contribution in [0.5, 0.6) is 11.5 Å². The van der Waals surface area contributed by atoms with Gasteiger partial charge in [0.2, 0.25) is 0 Å². The molecule has 1 aromatic carbocycles. The Labute approximate surface area is 82.4 Å². The molecule has 1 aromatic rings. The van der Waals surface area contributed by atoms with E-state index in [-0.39, 0.29) is 11.3 Å². The van der Waals surface area contributed by atoms with Crippen molar-refractivity contribution in [3.63, 3.8) is 0 Å². The van der Waals surface area contributed by atoms with Crippen LogP contribution >= 0.6 is 0 Å². The van der Waals surface area contributed by atoms with Crippen molar-refractivity contribution < 1.29 is 20.1 Å². The number of aromatic carboxylic acids is 1. The first-order valence-electron chi connectivity index (χ1n) is 4.28. The van der Waals surface area contributed by atoms with Gasteiger partial charge >= 0.3 is 5.97 Å². The highest BCUT2D eigenvalue weighted by Crippen LogP contribution is 2.26. The lowest BCUT2D eigenvalue weighted by atomic mass is 10.1. The zero-order valence-electron chi connectivity index (χ0n) is 8.40. The molecule has 0 aliphatic heterocycles. The van der Waals surface area contributed by atoms with Crippen LogP contribution < -0.4 is 0 Å². The fourth-order valence-electron chi connectivity index (χ4n) is 1.03. The van der Waals surface area contributed by atoms with Crippen LogP contribution in [0.15, 0.2) is 12.1 Å². The van der Waals surface area contributed by atoms with E-state index < -0.39 is 11.7 Å². The average Bonchev–Trinajstić information content (AvgIpc) is 2.04. The molecule has 1 rings (SSSR count). The first-order chi connectivity index (χ1) is 6.52. The second-order valence-electron chi connectivity index (χ2n) is 2.46. The molecule has 0 fully saturated rings. The highest BCUT2D eigenvalue weighted by molar-refractivity contribution is 5.92. The molecule has 0 saturated carbocycles. The standard InChI is InChI=1S/C8H8O4.C2H6/c1-4-2-5(9)3-6(10)7(4)8(11)12;1-2/h2-3,9-10H,1H3,(H,11,12);1-2H3. The maximum absolute atomic E-state index is 10.5. The highest BCUT2D eigenvalue weighted by Gasteiger charge is 2.13. The molecular formula is C10H14O4. The summed E-state index contributed by atoms with van der Waals surface area (Å²) in [4.78, 5) is 10.5. The van der Waals surface area contributed by atoms with Crippen molar-refractivity contribution in [2.45, 2.75) is 20.8 Å². The summed E-state index contributed by atoms with van der Waals surface area (Å²) in [7, 11) is 0. The van der Waals surface area contributed by atoms with E-state index in [9.17, 15) is 4.79 Å². The Bertz CT molecular complexity index is 308. The van der Waals surface area contributed by atoms with Crippen LogP contribution in [0.1, 0.15) is 29.8 Å². The van der Waals surface area contributed by atoms with Crippen molar-refractivity contribution in [2.24, 2.45) is 0 Å². The Morgan fingerprint density at radius 2 is 1.71 bits per heavy atom. The van der Waals surface area contributed by atoms with E-state index in [1.165, 1.54) is 13.0 Å². The second-order valence-corrected chi connectivity index (χ2v) is 2.46. The number of phenols is 2. The van der Waals surface area contributed by atoms with E-state index in [0.29, 0.717) is 5.56 Å². The van der Waals surface area contributed by atoms with E-state index >= 15 is 0 Å².